The number of amides is 1. The summed E-state index contributed by atoms with van der Waals surface area (Å²) < 4.78 is 14.2. The molecule has 1 amide bonds. The van der Waals surface area contributed by atoms with Crippen molar-refractivity contribution in [3.8, 4) is 22.6 Å². The number of rotatable bonds is 5. The van der Waals surface area contributed by atoms with Gasteiger partial charge >= 0.3 is 0 Å². The van der Waals surface area contributed by atoms with Crippen molar-refractivity contribution in [3.05, 3.63) is 61.8 Å². The number of aromatic amines is 1. The molecule has 140 valence electrons. The zero-order valence-electron chi connectivity index (χ0n) is 14.7. The first kappa shape index (κ1) is 19.3. The van der Waals surface area contributed by atoms with Gasteiger partial charge in [-0.05, 0) is 29.1 Å². The van der Waals surface area contributed by atoms with Crippen LogP contribution in [0.25, 0.3) is 22.6 Å². The number of hydrogen-bond acceptors (Lipinski definition) is 4. The molecule has 2 N–H and O–H groups in total. The van der Waals surface area contributed by atoms with Gasteiger partial charge in [0.1, 0.15) is 11.5 Å². The Morgan fingerprint density at radius 2 is 2.15 bits per heavy atom. The third-order valence-corrected chi connectivity index (χ3v) is 4.95. The average molecular weight is 406 g/mol. The second kappa shape index (κ2) is 8.02. The number of halogens is 2. The van der Waals surface area contributed by atoms with E-state index in [4.69, 9.17) is 11.6 Å². The first-order chi connectivity index (χ1) is 12.9. The van der Waals surface area contributed by atoms with Crippen molar-refractivity contribution in [3.63, 3.8) is 0 Å². The number of nitrogens with one attached hydrogen (secondary N) is 2. The SMILES string of the molecule is CC(C)C(=O)NCc1ccc(Cl)c(-c2nc(-c3ccsc3)c(F)c(=O)[nH]2)c1. The Kier molecular flexibility index (Phi) is 5.72. The Morgan fingerprint density at radius 1 is 1.37 bits per heavy atom. The summed E-state index contributed by atoms with van der Waals surface area (Å²) in [6, 6.07) is 6.84. The fraction of sp³-hybridized carbons (Fsp3) is 0.211. The molecular formula is C19H17ClFN3O2S. The van der Waals surface area contributed by atoms with Crippen LogP contribution in [-0.2, 0) is 11.3 Å². The summed E-state index contributed by atoms with van der Waals surface area (Å²) in [7, 11) is 0. The Bertz CT molecular complexity index is 1030. The molecule has 0 atom stereocenters. The molecule has 0 aliphatic carbocycles. The minimum Gasteiger partial charge on any atom is -0.352 e. The van der Waals surface area contributed by atoms with E-state index in [2.05, 4.69) is 15.3 Å². The van der Waals surface area contributed by atoms with E-state index < -0.39 is 11.4 Å². The van der Waals surface area contributed by atoms with Crippen molar-refractivity contribution in [2.45, 2.75) is 20.4 Å². The molecule has 0 saturated carbocycles. The molecule has 8 heteroatoms. The number of benzene rings is 1. The molecule has 0 aliphatic rings. The van der Waals surface area contributed by atoms with Crippen molar-refractivity contribution in [2.75, 3.05) is 0 Å². The molecule has 0 aliphatic heterocycles. The molecule has 0 bridgehead atoms. The highest BCUT2D eigenvalue weighted by Gasteiger charge is 2.16. The number of aromatic nitrogens is 2. The maximum atomic E-state index is 14.2. The lowest BCUT2D eigenvalue weighted by Crippen LogP contribution is -2.27. The first-order valence-corrected chi connectivity index (χ1v) is 9.57. The normalized spacial score (nSPS) is 11.0. The summed E-state index contributed by atoms with van der Waals surface area (Å²) in [5, 5.41) is 6.68. The van der Waals surface area contributed by atoms with Crippen LogP contribution in [0.2, 0.25) is 5.02 Å². The van der Waals surface area contributed by atoms with Crippen LogP contribution < -0.4 is 10.9 Å². The molecule has 2 aromatic heterocycles. The number of nitrogens with zero attached hydrogens (tertiary/aromatic N) is 1. The quantitative estimate of drug-likeness (QED) is 0.667. The Balaban J connectivity index is 2.00. The number of carbonyl (C=O) groups excluding carboxylic acids is 1. The summed E-state index contributed by atoms with van der Waals surface area (Å²) in [5.74, 6) is -0.960. The fourth-order valence-corrected chi connectivity index (χ4v) is 3.28. The van der Waals surface area contributed by atoms with Gasteiger partial charge in [-0.15, -0.1) is 0 Å². The highest BCUT2D eigenvalue weighted by Crippen LogP contribution is 2.28. The van der Waals surface area contributed by atoms with E-state index in [0.717, 1.165) is 5.56 Å². The molecule has 1 aromatic carbocycles. The predicted octanol–water partition coefficient (Wildman–Crippen LogP) is 4.23. The summed E-state index contributed by atoms with van der Waals surface area (Å²) >= 11 is 7.65. The van der Waals surface area contributed by atoms with Crippen LogP contribution >= 0.6 is 22.9 Å². The molecule has 2 heterocycles. The van der Waals surface area contributed by atoms with Gasteiger partial charge in [0.25, 0.3) is 5.56 Å². The van der Waals surface area contributed by atoms with E-state index in [1.165, 1.54) is 11.3 Å². The van der Waals surface area contributed by atoms with Gasteiger partial charge in [-0.25, -0.2) is 4.98 Å². The lowest BCUT2D eigenvalue weighted by Gasteiger charge is -2.11. The van der Waals surface area contributed by atoms with Gasteiger partial charge in [0.05, 0.1) is 5.02 Å². The second-order valence-electron chi connectivity index (χ2n) is 6.28. The molecule has 3 rings (SSSR count). The molecule has 0 fully saturated rings. The molecule has 0 saturated heterocycles. The Hall–Kier alpha value is -2.51. The molecule has 0 unspecified atom stereocenters. The number of H-pyrrole nitrogens is 1. The van der Waals surface area contributed by atoms with Gasteiger partial charge < -0.3 is 10.3 Å². The van der Waals surface area contributed by atoms with E-state index in [9.17, 15) is 14.0 Å². The average Bonchev–Trinajstić information content (AvgIpc) is 3.17. The van der Waals surface area contributed by atoms with Crippen LogP contribution in [0.4, 0.5) is 4.39 Å². The maximum Gasteiger partial charge on any atom is 0.287 e. The van der Waals surface area contributed by atoms with Crippen molar-refractivity contribution >= 4 is 28.8 Å². The van der Waals surface area contributed by atoms with Crippen LogP contribution in [0.1, 0.15) is 19.4 Å². The summed E-state index contributed by atoms with van der Waals surface area (Å²) in [5.41, 5.74) is 0.885. The molecule has 27 heavy (non-hydrogen) atoms. The highest BCUT2D eigenvalue weighted by molar-refractivity contribution is 7.08. The number of hydrogen-bond donors (Lipinski definition) is 2. The van der Waals surface area contributed by atoms with Gasteiger partial charge in [0.15, 0.2) is 0 Å². The van der Waals surface area contributed by atoms with Gasteiger partial charge in [0.2, 0.25) is 11.7 Å². The van der Waals surface area contributed by atoms with Gasteiger partial charge in [0, 0.05) is 29.0 Å². The lowest BCUT2D eigenvalue weighted by atomic mass is 10.1. The van der Waals surface area contributed by atoms with Crippen molar-refractivity contribution in [1.29, 1.82) is 0 Å². The number of carbonyl (C=O) groups is 1. The smallest absolute Gasteiger partial charge is 0.287 e. The monoisotopic (exact) mass is 405 g/mol. The van der Waals surface area contributed by atoms with E-state index in [0.29, 0.717) is 22.7 Å². The van der Waals surface area contributed by atoms with Gasteiger partial charge in [-0.2, -0.15) is 15.7 Å². The van der Waals surface area contributed by atoms with E-state index in [1.807, 2.05) is 13.8 Å². The Labute approximate surface area is 164 Å². The Morgan fingerprint density at radius 3 is 2.81 bits per heavy atom. The summed E-state index contributed by atoms with van der Waals surface area (Å²) in [6.07, 6.45) is 0. The van der Waals surface area contributed by atoms with Crippen LogP contribution in [-0.4, -0.2) is 15.9 Å². The van der Waals surface area contributed by atoms with Crippen molar-refractivity contribution < 1.29 is 9.18 Å². The molecule has 0 spiro atoms. The highest BCUT2D eigenvalue weighted by atomic mass is 35.5. The molecule has 3 aromatic rings. The van der Waals surface area contributed by atoms with Gasteiger partial charge in [-0.3, -0.25) is 9.59 Å². The third-order valence-electron chi connectivity index (χ3n) is 3.93. The lowest BCUT2D eigenvalue weighted by molar-refractivity contribution is -0.124. The van der Waals surface area contributed by atoms with Crippen LogP contribution in [0, 0.1) is 11.7 Å². The zero-order valence-corrected chi connectivity index (χ0v) is 16.2. The first-order valence-electron chi connectivity index (χ1n) is 8.25. The van der Waals surface area contributed by atoms with Crippen LogP contribution in [0.3, 0.4) is 0 Å². The third kappa shape index (κ3) is 4.26. The van der Waals surface area contributed by atoms with E-state index in [-0.39, 0.29) is 23.3 Å². The van der Waals surface area contributed by atoms with Crippen molar-refractivity contribution in [1.82, 2.24) is 15.3 Å². The predicted molar refractivity (Wildman–Crippen MR) is 105 cm³/mol. The standard InChI is InChI=1S/C19H17ClFN3O2S/c1-10(2)18(25)22-8-11-3-4-14(20)13(7-11)17-23-16(12-5-6-27-9-12)15(21)19(26)24-17/h3-7,9-10H,8H2,1-2H3,(H,22,25)(H,23,24,26). The van der Waals surface area contributed by atoms with E-state index in [1.54, 1.807) is 35.0 Å². The summed E-state index contributed by atoms with van der Waals surface area (Å²) in [4.78, 5) is 30.5. The van der Waals surface area contributed by atoms with Crippen LogP contribution in [0.5, 0.6) is 0 Å². The fourth-order valence-electron chi connectivity index (χ4n) is 2.43. The zero-order chi connectivity index (χ0) is 19.6. The van der Waals surface area contributed by atoms with Crippen LogP contribution in [0.15, 0.2) is 39.8 Å². The van der Waals surface area contributed by atoms with Crippen molar-refractivity contribution in [2.24, 2.45) is 5.92 Å². The van der Waals surface area contributed by atoms with E-state index >= 15 is 0 Å². The minimum absolute atomic E-state index is 0.0235. The molecular weight excluding hydrogens is 389 g/mol. The second-order valence-corrected chi connectivity index (χ2v) is 7.46. The topological polar surface area (TPSA) is 74.8 Å². The van der Waals surface area contributed by atoms with Gasteiger partial charge in [-0.1, -0.05) is 31.5 Å². The number of thiophene rings is 1. The molecule has 5 nitrogen and oxygen atoms in total. The largest absolute Gasteiger partial charge is 0.352 e. The molecule has 0 radical (unpaired) electrons. The minimum atomic E-state index is -0.936. The maximum absolute atomic E-state index is 14.2. The summed E-state index contributed by atoms with van der Waals surface area (Å²) in [6.45, 7) is 3.92.